The minimum absolute atomic E-state index is 0.232. The molecule has 0 aliphatic heterocycles. The Morgan fingerprint density at radius 3 is 2.93 bits per heavy atom. The number of hydrogen-bond acceptors (Lipinski definition) is 4. The summed E-state index contributed by atoms with van der Waals surface area (Å²) in [7, 11) is 1.55. The van der Waals surface area contributed by atoms with Crippen LogP contribution in [0.1, 0.15) is 24.6 Å². The first kappa shape index (κ1) is 21.2. The van der Waals surface area contributed by atoms with Gasteiger partial charge in [0.05, 0.1) is 31.0 Å². The Labute approximate surface area is 182 Å². The van der Waals surface area contributed by atoms with Crippen LogP contribution in [-0.2, 0) is 11.3 Å². The summed E-state index contributed by atoms with van der Waals surface area (Å²) in [6, 6.07) is 7.34. The van der Waals surface area contributed by atoms with Crippen LogP contribution in [-0.4, -0.2) is 29.0 Å². The van der Waals surface area contributed by atoms with Crippen LogP contribution in [0.3, 0.4) is 0 Å². The van der Waals surface area contributed by atoms with Crippen LogP contribution in [0.5, 0.6) is 11.5 Å². The lowest BCUT2D eigenvalue weighted by molar-refractivity contribution is -0.116. The van der Waals surface area contributed by atoms with Gasteiger partial charge in [-0.2, -0.15) is 0 Å². The van der Waals surface area contributed by atoms with E-state index in [0.29, 0.717) is 29.7 Å². The Balaban J connectivity index is 1.64. The molecule has 1 amide bonds. The molecule has 0 bridgehead atoms. The highest BCUT2D eigenvalue weighted by molar-refractivity contribution is 9.10. The molecule has 0 atom stereocenters. The third-order valence-corrected chi connectivity index (χ3v) is 4.79. The van der Waals surface area contributed by atoms with Gasteiger partial charge < -0.3 is 19.2 Å². The molecule has 3 aromatic rings. The molecular formula is C21H21BrClN3O3. The smallest absolute Gasteiger partial charge is 0.244 e. The summed E-state index contributed by atoms with van der Waals surface area (Å²) in [4.78, 5) is 16.6. The molecule has 0 saturated heterocycles. The Morgan fingerprint density at radius 1 is 1.34 bits per heavy atom. The molecule has 1 N–H and O–H groups in total. The van der Waals surface area contributed by atoms with Crippen LogP contribution < -0.4 is 14.8 Å². The maximum absolute atomic E-state index is 12.2. The largest absolute Gasteiger partial charge is 0.493 e. The SMILES string of the molecule is CCCOc1c(Cl)cc(C=CC(=O)NCc2cn3cc(Br)ccc3n2)cc1OC. The first-order valence-electron chi connectivity index (χ1n) is 9.09. The summed E-state index contributed by atoms with van der Waals surface area (Å²) >= 11 is 9.73. The fourth-order valence-corrected chi connectivity index (χ4v) is 3.32. The second-order valence-corrected chi connectivity index (χ2v) is 7.60. The lowest BCUT2D eigenvalue weighted by Crippen LogP contribution is -2.20. The summed E-state index contributed by atoms with van der Waals surface area (Å²) in [6.45, 7) is 2.89. The van der Waals surface area contributed by atoms with E-state index in [9.17, 15) is 4.79 Å². The van der Waals surface area contributed by atoms with Crippen molar-refractivity contribution in [1.82, 2.24) is 14.7 Å². The summed E-state index contributed by atoms with van der Waals surface area (Å²) < 4.78 is 13.9. The molecule has 0 aliphatic carbocycles. The van der Waals surface area contributed by atoms with E-state index < -0.39 is 0 Å². The van der Waals surface area contributed by atoms with Gasteiger partial charge in [0.25, 0.3) is 0 Å². The third kappa shape index (κ3) is 5.52. The zero-order valence-corrected chi connectivity index (χ0v) is 18.5. The maximum atomic E-state index is 12.2. The number of pyridine rings is 1. The first-order valence-corrected chi connectivity index (χ1v) is 10.3. The highest BCUT2D eigenvalue weighted by Gasteiger charge is 2.11. The van der Waals surface area contributed by atoms with E-state index in [0.717, 1.165) is 27.8 Å². The zero-order valence-electron chi connectivity index (χ0n) is 16.1. The normalized spacial score (nSPS) is 11.2. The van der Waals surface area contributed by atoms with Gasteiger partial charge in [0.1, 0.15) is 5.65 Å². The van der Waals surface area contributed by atoms with E-state index in [-0.39, 0.29) is 5.91 Å². The number of halogens is 2. The summed E-state index contributed by atoms with van der Waals surface area (Å²) in [6.07, 6.45) is 7.78. The number of amides is 1. The standard InChI is InChI=1S/C21H21BrClN3O3/c1-3-8-29-21-17(23)9-14(10-18(21)28-2)4-7-20(27)24-11-16-13-26-12-15(22)5-6-19(26)25-16/h4-7,9-10,12-13H,3,8,11H2,1-2H3,(H,24,27). The van der Waals surface area contributed by atoms with Crippen molar-refractivity contribution in [2.45, 2.75) is 19.9 Å². The molecule has 8 heteroatoms. The van der Waals surface area contributed by atoms with Crippen LogP contribution in [0.15, 0.2) is 47.2 Å². The molecule has 6 nitrogen and oxygen atoms in total. The number of imidazole rings is 1. The average molecular weight is 479 g/mol. The predicted octanol–water partition coefficient (Wildman–Crippen LogP) is 4.88. The molecule has 0 fully saturated rings. The van der Waals surface area contributed by atoms with Crippen molar-refractivity contribution in [2.24, 2.45) is 0 Å². The minimum atomic E-state index is -0.232. The Kier molecular flexibility index (Phi) is 7.17. The number of aromatic nitrogens is 2. The highest BCUT2D eigenvalue weighted by Crippen LogP contribution is 2.36. The Hall–Kier alpha value is -2.51. The van der Waals surface area contributed by atoms with Gasteiger partial charge in [0, 0.05) is 22.9 Å². The second-order valence-electron chi connectivity index (χ2n) is 6.28. The molecule has 0 spiro atoms. The Bertz CT molecular complexity index is 1050. The number of carbonyl (C=O) groups excluding carboxylic acids is 1. The molecule has 2 aromatic heterocycles. The van der Waals surface area contributed by atoms with Crippen molar-refractivity contribution in [1.29, 1.82) is 0 Å². The number of fused-ring (bicyclic) bond motifs is 1. The van der Waals surface area contributed by atoms with Crippen LogP contribution >= 0.6 is 27.5 Å². The van der Waals surface area contributed by atoms with Crippen molar-refractivity contribution >= 4 is 45.2 Å². The van der Waals surface area contributed by atoms with E-state index in [1.807, 2.05) is 35.9 Å². The van der Waals surface area contributed by atoms with Gasteiger partial charge in [0.15, 0.2) is 11.5 Å². The van der Waals surface area contributed by atoms with E-state index in [2.05, 4.69) is 26.2 Å². The quantitative estimate of drug-likeness (QED) is 0.469. The molecule has 3 rings (SSSR count). The lowest BCUT2D eigenvalue weighted by atomic mass is 10.2. The fraction of sp³-hybridized carbons (Fsp3) is 0.238. The van der Waals surface area contributed by atoms with Crippen LogP contribution in [0, 0.1) is 0 Å². The molecule has 0 saturated carbocycles. The number of nitrogens with one attached hydrogen (secondary N) is 1. The molecule has 152 valence electrons. The zero-order chi connectivity index (χ0) is 20.8. The van der Waals surface area contributed by atoms with Crippen molar-refractivity contribution in [3.63, 3.8) is 0 Å². The number of rotatable bonds is 8. The molecule has 0 unspecified atom stereocenters. The number of nitrogens with zero attached hydrogens (tertiary/aromatic N) is 2. The van der Waals surface area contributed by atoms with Gasteiger partial charge in [-0.1, -0.05) is 18.5 Å². The minimum Gasteiger partial charge on any atom is -0.493 e. The van der Waals surface area contributed by atoms with Crippen molar-refractivity contribution < 1.29 is 14.3 Å². The monoisotopic (exact) mass is 477 g/mol. The summed E-state index contributed by atoms with van der Waals surface area (Å²) in [5, 5.41) is 3.26. The van der Waals surface area contributed by atoms with Gasteiger partial charge in [-0.3, -0.25) is 4.79 Å². The van der Waals surface area contributed by atoms with Gasteiger partial charge in [-0.25, -0.2) is 4.98 Å². The predicted molar refractivity (Wildman–Crippen MR) is 118 cm³/mol. The van der Waals surface area contributed by atoms with Gasteiger partial charge in [-0.05, 0) is 58.3 Å². The molecule has 2 heterocycles. The average Bonchev–Trinajstić information content (AvgIpc) is 3.11. The molecule has 0 aliphatic rings. The van der Waals surface area contributed by atoms with Crippen LogP contribution in [0.4, 0.5) is 0 Å². The van der Waals surface area contributed by atoms with E-state index in [4.69, 9.17) is 21.1 Å². The van der Waals surface area contributed by atoms with Crippen LogP contribution in [0.2, 0.25) is 5.02 Å². The maximum Gasteiger partial charge on any atom is 0.244 e. The van der Waals surface area contributed by atoms with Gasteiger partial charge >= 0.3 is 0 Å². The molecule has 29 heavy (non-hydrogen) atoms. The summed E-state index contributed by atoms with van der Waals surface area (Å²) in [5.41, 5.74) is 2.33. The third-order valence-electron chi connectivity index (χ3n) is 4.04. The molecule has 1 aromatic carbocycles. The van der Waals surface area contributed by atoms with E-state index in [1.54, 1.807) is 25.3 Å². The van der Waals surface area contributed by atoms with Gasteiger partial charge in [-0.15, -0.1) is 0 Å². The fourth-order valence-electron chi connectivity index (χ4n) is 2.69. The molecular weight excluding hydrogens is 458 g/mol. The number of benzene rings is 1. The number of ether oxygens (including phenoxy) is 2. The van der Waals surface area contributed by atoms with E-state index >= 15 is 0 Å². The summed E-state index contributed by atoms with van der Waals surface area (Å²) in [5.74, 6) is 0.808. The number of carbonyl (C=O) groups is 1. The topological polar surface area (TPSA) is 64.9 Å². The Morgan fingerprint density at radius 2 is 2.17 bits per heavy atom. The van der Waals surface area contributed by atoms with Crippen molar-refractivity contribution in [3.8, 4) is 11.5 Å². The van der Waals surface area contributed by atoms with Crippen LogP contribution in [0.25, 0.3) is 11.7 Å². The van der Waals surface area contributed by atoms with E-state index in [1.165, 1.54) is 6.08 Å². The lowest BCUT2D eigenvalue weighted by Gasteiger charge is -2.12. The van der Waals surface area contributed by atoms with Crippen molar-refractivity contribution in [2.75, 3.05) is 13.7 Å². The number of hydrogen-bond donors (Lipinski definition) is 1. The second kappa shape index (κ2) is 9.80. The first-order chi connectivity index (χ1) is 14.0. The number of methoxy groups -OCH3 is 1. The van der Waals surface area contributed by atoms with Gasteiger partial charge in [0.2, 0.25) is 5.91 Å². The molecule has 0 radical (unpaired) electrons. The van der Waals surface area contributed by atoms with Crippen molar-refractivity contribution in [3.05, 3.63) is 63.5 Å². The highest BCUT2D eigenvalue weighted by atomic mass is 79.9.